The zero-order valence-corrected chi connectivity index (χ0v) is 23.7. The molecule has 41 heavy (non-hydrogen) atoms. The molecule has 0 aliphatic carbocycles. The van der Waals surface area contributed by atoms with Gasteiger partial charge in [0.05, 0.1) is 18.1 Å². The molecule has 0 spiro atoms. The molecule has 1 aliphatic rings. The van der Waals surface area contributed by atoms with E-state index in [4.69, 9.17) is 9.47 Å². The Balaban J connectivity index is 1.54. The summed E-state index contributed by atoms with van der Waals surface area (Å²) in [5.74, 6) is -0.923. The molecule has 0 bridgehead atoms. The highest BCUT2D eigenvalue weighted by Gasteiger charge is 2.32. The minimum absolute atomic E-state index is 0.0400. The van der Waals surface area contributed by atoms with Gasteiger partial charge in [-0.15, -0.1) is 0 Å². The van der Waals surface area contributed by atoms with Crippen LogP contribution in [-0.4, -0.2) is 68.9 Å². The second kappa shape index (κ2) is 14.2. The highest BCUT2D eigenvalue weighted by atomic mass is 32.2. The van der Waals surface area contributed by atoms with E-state index < -0.39 is 34.4 Å². The number of morpholine rings is 1. The molecular weight excluding hydrogens is 549 g/mol. The van der Waals surface area contributed by atoms with Gasteiger partial charge < -0.3 is 19.7 Å². The van der Waals surface area contributed by atoms with E-state index in [-0.39, 0.29) is 30.4 Å². The van der Waals surface area contributed by atoms with Gasteiger partial charge in [-0.25, -0.2) is 12.8 Å². The third-order valence-corrected chi connectivity index (χ3v) is 8.52. The number of ether oxygens (including phenoxy) is 2. The van der Waals surface area contributed by atoms with Crippen LogP contribution in [0.3, 0.4) is 0 Å². The average molecular weight is 584 g/mol. The Morgan fingerprint density at radius 2 is 1.66 bits per heavy atom. The van der Waals surface area contributed by atoms with Crippen LogP contribution < -0.4 is 10.1 Å². The quantitative estimate of drug-likeness (QED) is 0.350. The molecule has 3 aromatic rings. The molecule has 2 amide bonds. The minimum atomic E-state index is -3.67. The number of carbonyl (C=O) groups excluding carboxylic acids is 2. The van der Waals surface area contributed by atoms with Crippen molar-refractivity contribution in [2.75, 3.05) is 39.5 Å². The lowest BCUT2D eigenvalue weighted by Crippen LogP contribution is -2.45. The van der Waals surface area contributed by atoms with Crippen LogP contribution in [0.15, 0.2) is 83.8 Å². The van der Waals surface area contributed by atoms with Crippen molar-refractivity contribution in [1.82, 2.24) is 14.5 Å². The first-order valence-electron chi connectivity index (χ1n) is 13.5. The summed E-state index contributed by atoms with van der Waals surface area (Å²) in [5, 5.41) is 2.88. The maximum atomic E-state index is 13.6. The monoisotopic (exact) mass is 583 g/mol. The SMILES string of the molecule is CCCNC(=O)C(c1ccccc1)N(Cc1ccc(F)cc1)C(=O)COc1ccc(S(=O)(=O)N2CCOCC2)cc1. The molecule has 0 radical (unpaired) electrons. The summed E-state index contributed by atoms with van der Waals surface area (Å²) in [5.41, 5.74) is 1.26. The van der Waals surface area contributed by atoms with Gasteiger partial charge in [0.25, 0.3) is 5.91 Å². The smallest absolute Gasteiger partial charge is 0.261 e. The molecular formula is C30H34FN3O6S. The highest BCUT2D eigenvalue weighted by molar-refractivity contribution is 7.89. The van der Waals surface area contributed by atoms with Crippen molar-refractivity contribution < 1.29 is 31.9 Å². The van der Waals surface area contributed by atoms with Gasteiger partial charge >= 0.3 is 0 Å². The average Bonchev–Trinajstić information content (AvgIpc) is 3.00. The summed E-state index contributed by atoms with van der Waals surface area (Å²) in [6.45, 7) is 3.27. The zero-order valence-electron chi connectivity index (χ0n) is 22.9. The Morgan fingerprint density at radius 3 is 2.29 bits per heavy atom. The largest absolute Gasteiger partial charge is 0.484 e. The Morgan fingerprint density at radius 1 is 1.00 bits per heavy atom. The van der Waals surface area contributed by atoms with Crippen LogP contribution in [0.4, 0.5) is 4.39 Å². The van der Waals surface area contributed by atoms with Crippen molar-refractivity contribution in [2.45, 2.75) is 30.8 Å². The number of nitrogens with zero attached hydrogens (tertiary/aromatic N) is 2. The third-order valence-electron chi connectivity index (χ3n) is 6.60. The maximum absolute atomic E-state index is 13.6. The van der Waals surface area contributed by atoms with Gasteiger partial charge in [0.15, 0.2) is 6.61 Å². The molecule has 1 fully saturated rings. The first kappa shape index (κ1) is 30.2. The minimum Gasteiger partial charge on any atom is -0.484 e. The van der Waals surface area contributed by atoms with Gasteiger partial charge in [-0.3, -0.25) is 9.59 Å². The van der Waals surface area contributed by atoms with Crippen molar-refractivity contribution >= 4 is 21.8 Å². The number of rotatable bonds is 12. The number of benzene rings is 3. The summed E-state index contributed by atoms with van der Waals surface area (Å²) in [6.07, 6.45) is 0.722. The molecule has 1 saturated heterocycles. The fourth-order valence-electron chi connectivity index (χ4n) is 4.43. The van der Waals surface area contributed by atoms with Gasteiger partial charge in [0, 0.05) is 26.2 Å². The van der Waals surface area contributed by atoms with Crippen LogP contribution in [0, 0.1) is 5.82 Å². The summed E-state index contributed by atoms with van der Waals surface area (Å²) < 4.78 is 51.8. The van der Waals surface area contributed by atoms with Crippen LogP contribution in [0.1, 0.15) is 30.5 Å². The molecule has 1 unspecified atom stereocenters. The number of amides is 2. The number of sulfonamides is 1. The van der Waals surface area contributed by atoms with Crippen LogP contribution in [0.2, 0.25) is 0 Å². The molecule has 0 aromatic heterocycles. The summed E-state index contributed by atoms with van der Waals surface area (Å²) in [4.78, 5) is 28.5. The molecule has 0 saturated carbocycles. The highest BCUT2D eigenvalue weighted by Crippen LogP contribution is 2.25. The van der Waals surface area contributed by atoms with Crippen molar-refractivity contribution in [3.8, 4) is 5.75 Å². The van der Waals surface area contributed by atoms with Gasteiger partial charge in [-0.1, -0.05) is 49.4 Å². The second-order valence-electron chi connectivity index (χ2n) is 9.53. The van der Waals surface area contributed by atoms with Crippen molar-refractivity contribution in [3.63, 3.8) is 0 Å². The number of halogens is 1. The van der Waals surface area contributed by atoms with Crippen LogP contribution in [0.5, 0.6) is 5.75 Å². The van der Waals surface area contributed by atoms with E-state index in [9.17, 15) is 22.4 Å². The first-order chi connectivity index (χ1) is 19.8. The van der Waals surface area contributed by atoms with Crippen LogP contribution >= 0.6 is 0 Å². The predicted octanol–water partition coefficient (Wildman–Crippen LogP) is 3.52. The fourth-order valence-corrected chi connectivity index (χ4v) is 5.84. The number of carbonyl (C=O) groups is 2. The van der Waals surface area contributed by atoms with E-state index in [0.717, 1.165) is 6.42 Å². The van der Waals surface area contributed by atoms with Crippen LogP contribution in [-0.2, 0) is 30.9 Å². The Hall–Kier alpha value is -3.80. The molecule has 4 rings (SSSR count). The van der Waals surface area contributed by atoms with E-state index in [1.807, 2.05) is 13.0 Å². The van der Waals surface area contributed by atoms with Crippen LogP contribution in [0.25, 0.3) is 0 Å². The molecule has 11 heteroatoms. The molecule has 1 N–H and O–H groups in total. The standard InChI is InChI=1S/C30H34FN3O6S/c1-2-16-32-30(36)29(24-6-4-3-5-7-24)34(21-23-8-10-25(31)11-9-23)28(35)22-40-26-12-14-27(15-13-26)41(37,38)33-17-19-39-20-18-33/h3-15,29H,2,16-22H2,1H3,(H,32,36). The second-order valence-corrected chi connectivity index (χ2v) is 11.5. The molecule has 3 aromatic carbocycles. The van der Waals surface area contributed by atoms with E-state index in [2.05, 4.69) is 5.32 Å². The Kier molecular flexibility index (Phi) is 10.4. The first-order valence-corrected chi connectivity index (χ1v) is 14.9. The molecule has 1 atom stereocenters. The number of nitrogens with one attached hydrogen (secondary N) is 1. The molecule has 1 heterocycles. The maximum Gasteiger partial charge on any atom is 0.261 e. The summed E-state index contributed by atoms with van der Waals surface area (Å²) >= 11 is 0. The van der Waals surface area contributed by atoms with E-state index >= 15 is 0 Å². The topological polar surface area (TPSA) is 105 Å². The third kappa shape index (κ3) is 7.90. The predicted molar refractivity (Wildman–Crippen MR) is 151 cm³/mol. The summed E-state index contributed by atoms with van der Waals surface area (Å²) in [7, 11) is -3.67. The van der Waals surface area contributed by atoms with Crippen molar-refractivity contribution in [1.29, 1.82) is 0 Å². The summed E-state index contributed by atoms with van der Waals surface area (Å²) in [6, 6.07) is 19.6. The van der Waals surface area contributed by atoms with Crippen molar-refractivity contribution in [2.24, 2.45) is 0 Å². The van der Waals surface area contributed by atoms with Gasteiger partial charge in [-0.05, 0) is 53.9 Å². The van der Waals surface area contributed by atoms with Gasteiger partial charge in [0.2, 0.25) is 15.9 Å². The van der Waals surface area contributed by atoms with Gasteiger partial charge in [-0.2, -0.15) is 4.31 Å². The lowest BCUT2D eigenvalue weighted by atomic mass is 10.0. The number of hydrogen-bond acceptors (Lipinski definition) is 6. The lowest BCUT2D eigenvalue weighted by Gasteiger charge is -2.31. The Bertz CT molecular complexity index is 1400. The van der Waals surface area contributed by atoms with E-state index in [1.54, 1.807) is 36.4 Å². The number of hydrogen-bond donors (Lipinski definition) is 1. The molecule has 218 valence electrons. The fraction of sp³-hybridized carbons (Fsp3) is 0.333. The van der Waals surface area contributed by atoms with E-state index in [0.29, 0.717) is 36.6 Å². The van der Waals surface area contributed by atoms with E-state index in [1.165, 1.54) is 45.6 Å². The normalized spacial score (nSPS) is 14.7. The molecule has 9 nitrogen and oxygen atoms in total. The molecule has 1 aliphatic heterocycles. The lowest BCUT2D eigenvalue weighted by molar-refractivity contribution is -0.143. The zero-order chi connectivity index (χ0) is 29.2. The Labute approximate surface area is 239 Å². The van der Waals surface area contributed by atoms with Gasteiger partial charge in [0.1, 0.15) is 17.6 Å². The van der Waals surface area contributed by atoms with Crippen molar-refractivity contribution in [3.05, 3.63) is 95.8 Å².